The van der Waals surface area contributed by atoms with Crippen molar-refractivity contribution in [3.63, 3.8) is 0 Å². The molecule has 0 unspecified atom stereocenters. The van der Waals surface area contributed by atoms with Crippen molar-refractivity contribution in [2.75, 3.05) is 31.2 Å². The number of anilines is 1. The molecule has 0 saturated carbocycles. The zero-order valence-corrected chi connectivity index (χ0v) is 8.33. The predicted molar refractivity (Wildman–Crippen MR) is 56.0 cm³/mol. The standard InChI is InChI=1S/C10H12N4O/c1-2-11-10-12-8-9(14(10)3-1)13-4-6-15-7-5-13/h1-3,8H,4-7H2. The summed E-state index contributed by atoms with van der Waals surface area (Å²) in [5, 5.41) is 0. The fourth-order valence-electron chi connectivity index (χ4n) is 1.84. The second kappa shape index (κ2) is 3.51. The topological polar surface area (TPSA) is 42.7 Å². The van der Waals surface area contributed by atoms with Gasteiger partial charge in [0.25, 0.3) is 0 Å². The molecule has 0 bridgehead atoms. The third-order valence-corrected chi connectivity index (χ3v) is 2.60. The Labute approximate surface area is 87.3 Å². The zero-order valence-electron chi connectivity index (χ0n) is 8.33. The maximum atomic E-state index is 5.32. The van der Waals surface area contributed by atoms with Crippen LogP contribution in [0.25, 0.3) is 5.78 Å². The summed E-state index contributed by atoms with van der Waals surface area (Å²) < 4.78 is 7.33. The van der Waals surface area contributed by atoms with Crippen LogP contribution in [0.3, 0.4) is 0 Å². The first-order chi connectivity index (χ1) is 7.45. The number of nitrogens with zero attached hydrogens (tertiary/aromatic N) is 4. The Balaban J connectivity index is 2.02. The third-order valence-electron chi connectivity index (χ3n) is 2.60. The minimum atomic E-state index is 0.749. The lowest BCUT2D eigenvalue weighted by atomic mass is 10.4. The van der Waals surface area contributed by atoms with Gasteiger partial charge in [-0.2, -0.15) is 0 Å². The Morgan fingerprint density at radius 1 is 1.20 bits per heavy atom. The van der Waals surface area contributed by atoms with Crippen molar-refractivity contribution in [3.05, 3.63) is 24.7 Å². The summed E-state index contributed by atoms with van der Waals surface area (Å²) in [7, 11) is 0. The van der Waals surface area contributed by atoms with Gasteiger partial charge in [0.15, 0.2) is 0 Å². The molecule has 15 heavy (non-hydrogen) atoms. The average Bonchev–Trinajstić information content (AvgIpc) is 2.74. The van der Waals surface area contributed by atoms with Crippen LogP contribution < -0.4 is 4.90 Å². The molecule has 3 heterocycles. The lowest BCUT2D eigenvalue weighted by Gasteiger charge is -2.27. The van der Waals surface area contributed by atoms with E-state index in [9.17, 15) is 0 Å². The average molecular weight is 204 g/mol. The van der Waals surface area contributed by atoms with E-state index >= 15 is 0 Å². The first-order valence-corrected chi connectivity index (χ1v) is 5.06. The van der Waals surface area contributed by atoms with Gasteiger partial charge < -0.3 is 9.64 Å². The second-order valence-corrected chi connectivity index (χ2v) is 3.51. The van der Waals surface area contributed by atoms with E-state index in [1.54, 1.807) is 6.20 Å². The maximum absolute atomic E-state index is 5.32. The summed E-state index contributed by atoms with van der Waals surface area (Å²) in [5.74, 6) is 1.85. The van der Waals surface area contributed by atoms with Gasteiger partial charge in [-0.25, -0.2) is 9.97 Å². The largest absolute Gasteiger partial charge is 0.378 e. The Morgan fingerprint density at radius 2 is 2.07 bits per heavy atom. The summed E-state index contributed by atoms with van der Waals surface area (Å²) >= 11 is 0. The predicted octanol–water partition coefficient (Wildman–Crippen LogP) is 0.566. The first-order valence-electron chi connectivity index (χ1n) is 5.06. The van der Waals surface area contributed by atoms with E-state index in [1.807, 2.05) is 22.9 Å². The summed E-state index contributed by atoms with van der Waals surface area (Å²) in [6.07, 6.45) is 5.61. The van der Waals surface area contributed by atoms with E-state index in [2.05, 4.69) is 14.9 Å². The van der Waals surface area contributed by atoms with E-state index < -0.39 is 0 Å². The number of ether oxygens (including phenoxy) is 1. The normalized spacial score (nSPS) is 17.2. The molecule has 78 valence electrons. The number of hydrogen-bond acceptors (Lipinski definition) is 4. The van der Waals surface area contributed by atoms with Gasteiger partial charge in [0.1, 0.15) is 5.82 Å². The number of fused-ring (bicyclic) bond motifs is 1. The van der Waals surface area contributed by atoms with Gasteiger partial charge in [0.2, 0.25) is 5.78 Å². The van der Waals surface area contributed by atoms with Crippen LogP contribution in [0.4, 0.5) is 5.82 Å². The molecule has 5 heteroatoms. The highest BCUT2D eigenvalue weighted by Crippen LogP contribution is 2.16. The smallest absolute Gasteiger partial charge is 0.235 e. The molecule has 1 aliphatic heterocycles. The van der Waals surface area contributed by atoms with E-state index in [0.717, 1.165) is 37.9 Å². The molecule has 0 aromatic carbocycles. The van der Waals surface area contributed by atoms with E-state index in [4.69, 9.17) is 4.74 Å². The van der Waals surface area contributed by atoms with Crippen LogP contribution in [0.2, 0.25) is 0 Å². The molecule has 2 aromatic heterocycles. The van der Waals surface area contributed by atoms with Crippen molar-refractivity contribution in [2.45, 2.75) is 0 Å². The zero-order chi connectivity index (χ0) is 10.1. The molecule has 0 amide bonds. The highest BCUT2D eigenvalue weighted by Gasteiger charge is 2.14. The van der Waals surface area contributed by atoms with Gasteiger partial charge in [0.05, 0.1) is 19.4 Å². The molecule has 0 N–H and O–H groups in total. The fraction of sp³-hybridized carbons (Fsp3) is 0.400. The fourth-order valence-corrected chi connectivity index (χ4v) is 1.84. The first kappa shape index (κ1) is 8.67. The van der Waals surface area contributed by atoms with Crippen LogP contribution in [0, 0.1) is 0 Å². The van der Waals surface area contributed by atoms with E-state index in [1.165, 1.54) is 0 Å². The van der Waals surface area contributed by atoms with Crippen LogP contribution in [-0.4, -0.2) is 40.7 Å². The molecular weight excluding hydrogens is 192 g/mol. The van der Waals surface area contributed by atoms with Crippen LogP contribution in [-0.2, 0) is 4.74 Å². The highest BCUT2D eigenvalue weighted by molar-refractivity contribution is 5.47. The van der Waals surface area contributed by atoms with Gasteiger partial charge >= 0.3 is 0 Å². The minimum absolute atomic E-state index is 0.749. The van der Waals surface area contributed by atoms with Crippen LogP contribution in [0.1, 0.15) is 0 Å². The SMILES string of the molecule is c1cnc2ncc(N3CCOCC3)n2c1. The Bertz CT molecular complexity index is 461. The molecule has 1 fully saturated rings. The van der Waals surface area contributed by atoms with Gasteiger partial charge in [-0.3, -0.25) is 4.40 Å². The molecule has 1 aliphatic rings. The van der Waals surface area contributed by atoms with Crippen molar-refractivity contribution in [2.24, 2.45) is 0 Å². The van der Waals surface area contributed by atoms with Gasteiger partial charge in [-0.1, -0.05) is 0 Å². The van der Waals surface area contributed by atoms with E-state index in [0.29, 0.717) is 0 Å². The third kappa shape index (κ3) is 1.45. The Hall–Kier alpha value is -1.62. The highest BCUT2D eigenvalue weighted by atomic mass is 16.5. The number of morpholine rings is 1. The van der Waals surface area contributed by atoms with Crippen LogP contribution >= 0.6 is 0 Å². The Morgan fingerprint density at radius 3 is 2.93 bits per heavy atom. The molecule has 0 atom stereocenters. The van der Waals surface area contributed by atoms with Crippen molar-refractivity contribution >= 4 is 11.6 Å². The van der Waals surface area contributed by atoms with Crippen LogP contribution in [0.5, 0.6) is 0 Å². The lowest BCUT2D eigenvalue weighted by molar-refractivity contribution is 0.122. The molecular formula is C10H12N4O. The number of imidazole rings is 1. The van der Waals surface area contributed by atoms with Crippen molar-refractivity contribution < 1.29 is 4.74 Å². The van der Waals surface area contributed by atoms with Gasteiger partial charge in [-0.15, -0.1) is 0 Å². The van der Waals surface area contributed by atoms with Crippen molar-refractivity contribution in [1.82, 2.24) is 14.4 Å². The van der Waals surface area contributed by atoms with Crippen molar-refractivity contribution in [3.8, 4) is 0 Å². The molecule has 0 aliphatic carbocycles. The molecule has 0 spiro atoms. The molecule has 5 nitrogen and oxygen atoms in total. The van der Waals surface area contributed by atoms with Gasteiger partial charge in [-0.05, 0) is 6.07 Å². The summed E-state index contributed by atoms with van der Waals surface area (Å²) in [6.45, 7) is 3.41. The molecule has 0 radical (unpaired) electrons. The number of rotatable bonds is 1. The quantitative estimate of drug-likeness (QED) is 0.681. The lowest BCUT2D eigenvalue weighted by Crippen LogP contribution is -2.36. The molecule has 2 aromatic rings. The maximum Gasteiger partial charge on any atom is 0.235 e. The minimum Gasteiger partial charge on any atom is -0.378 e. The van der Waals surface area contributed by atoms with Crippen molar-refractivity contribution in [1.29, 1.82) is 0 Å². The summed E-state index contributed by atoms with van der Waals surface area (Å²) in [6, 6.07) is 1.92. The van der Waals surface area contributed by atoms with Crippen LogP contribution in [0.15, 0.2) is 24.7 Å². The monoisotopic (exact) mass is 204 g/mol. The summed E-state index contributed by atoms with van der Waals surface area (Å²) in [5.41, 5.74) is 0. The summed E-state index contributed by atoms with van der Waals surface area (Å²) in [4.78, 5) is 10.7. The molecule has 1 saturated heterocycles. The Kier molecular flexibility index (Phi) is 2.03. The number of hydrogen-bond donors (Lipinski definition) is 0. The number of aromatic nitrogens is 3. The van der Waals surface area contributed by atoms with E-state index in [-0.39, 0.29) is 0 Å². The van der Waals surface area contributed by atoms with Gasteiger partial charge in [0, 0.05) is 25.5 Å². The second-order valence-electron chi connectivity index (χ2n) is 3.51. The molecule has 3 rings (SSSR count).